The highest BCUT2D eigenvalue weighted by Crippen LogP contribution is 2.20. The average Bonchev–Trinajstić information content (AvgIpc) is 3.35. The van der Waals surface area contributed by atoms with E-state index >= 15 is 0 Å². The summed E-state index contributed by atoms with van der Waals surface area (Å²) in [5, 5.41) is 5.71. The zero-order valence-electron chi connectivity index (χ0n) is 19.5. The number of carbonyl (C=O) groups excluding carboxylic acids is 2. The van der Waals surface area contributed by atoms with Crippen LogP contribution in [0, 0.1) is 0 Å². The van der Waals surface area contributed by atoms with E-state index in [2.05, 4.69) is 15.6 Å². The molecule has 0 fully saturated rings. The molecule has 0 aliphatic rings. The summed E-state index contributed by atoms with van der Waals surface area (Å²) in [6.07, 6.45) is 3.31. The highest BCUT2D eigenvalue weighted by Gasteiger charge is 2.12. The number of aromatic nitrogens is 2. The van der Waals surface area contributed by atoms with Gasteiger partial charge in [-0.15, -0.1) is 0 Å². The van der Waals surface area contributed by atoms with Gasteiger partial charge >= 0.3 is 0 Å². The van der Waals surface area contributed by atoms with Gasteiger partial charge in [0.25, 0.3) is 11.8 Å². The van der Waals surface area contributed by atoms with Crippen molar-refractivity contribution in [1.82, 2.24) is 9.55 Å². The smallest absolute Gasteiger partial charge is 0.275 e. The van der Waals surface area contributed by atoms with Crippen molar-refractivity contribution in [3.63, 3.8) is 0 Å². The molecule has 0 spiro atoms. The quantitative estimate of drug-likeness (QED) is 0.365. The van der Waals surface area contributed by atoms with Crippen molar-refractivity contribution in [1.29, 1.82) is 0 Å². The second-order valence-electron chi connectivity index (χ2n) is 7.69. The SMILES string of the molecule is CCOc1ccc(NC(=O)c2cn(Cc3ccc(NC(=O)c4ccccc4OC)cc3)cn2)cc1. The number of nitrogens with one attached hydrogen (secondary N) is 2. The van der Waals surface area contributed by atoms with Gasteiger partial charge in [-0.2, -0.15) is 0 Å². The zero-order chi connectivity index (χ0) is 24.6. The van der Waals surface area contributed by atoms with Crippen molar-refractivity contribution in [3.05, 3.63) is 102 Å². The Hall–Kier alpha value is -4.59. The Labute approximate surface area is 203 Å². The van der Waals surface area contributed by atoms with E-state index in [0.29, 0.717) is 41.5 Å². The molecule has 0 saturated carbocycles. The lowest BCUT2D eigenvalue weighted by Gasteiger charge is -2.10. The Morgan fingerprint density at radius 1 is 0.886 bits per heavy atom. The first-order valence-corrected chi connectivity index (χ1v) is 11.1. The fourth-order valence-corrected chi connectivity index (χ4v) is 3.50. The fourth-order valence-electron chi connectivity index (χ4n) is 3.50. The summed E-state index contributed by atoms with van der Waals surface area (Å²) in [4.78, 5) is 29.3. The minimum atomic E-state index is -0.290. The number of hydrogen-bond donors (Lipinski definition) is 2. The van der Waals surface area contributed by atoms with Crippen LogP contribution in [-0.4, -0.2) is 35.1 Å². The molecule has 2 N–H and O–H groups in total. The molecule has 0 aliphatic carbocycles. The second-order valence-corrected chi connectivity index (χ2v) is 7.69. The lowest BCUT2D eigenvalue weighted by molar-refractivity contribution is 0.101. The molecule has 0 radical (unpaired) electrons. The maximum absolute atomic E-state index is 12.6. The number of anilines is 2. The third-order valence-electron chi connectivity index (χ3n) is 5.22. The Morgan fingerprint density at radius 2 is 1.54 bits per heavy atom. The van der Waals surface area contributed by atoms with E-state index in [1.54, 1.807) is 55.0 Å². The summed E-state index contributed by atoms with van der Waals surface area (Å²) in [5.41, 5.74) is 3.12. The first kappa shape index (κ1) is 23.6. The summed E-state index contributed by atoms with van der Waals surface area (Å²) in [6.45, 7) is 3.04. The monoisotopic (exact) mass is 470 g/mol. The maximum atomic E-state index is 12.6. The second kappa shape index (κ2) is 11.0. The van der Waals surface area contributed by atoms with E-state index in [9.17, 15) is 9.59 Å². The summed E-state index contributed by atoms with van der Waals surface area (Å²) in [7, 11) is 1.53. The van der Waals surface area contributed by atoms with Crippen LogP contribution in [0.5, 0.6) is 11.5 Å². The largest absolute Gasteiger partial charge is 0.496 e. The minimum Gasteiger partial charge on any atom is -0.496 e. The van der Waals surface area contributed by atoms with Gasteiger partial charge in [-0.1, -0.05) is 24.3 Å². The highest BCUT2D eigenvalue weighted by atomic mass is 16.5. The molecule has 8 nitrogen and oxygen atoms in total. The average molecular weight is 471 g/mol. The third-order valence-corrected chi connectivity index (χ3v) is 5.22. The molecular weight excluding hydrogens is 444 g/mol. The molecule has 8 heteroatoms. The van der Waals surface area contributed by atoms with Crippen molar-refractivity contribution in [2.45, 2.75) is 13.5 Å². The predicted molar refractivity (Wildman–Crippen MR) is 134 cm³/mol. The number of methoxy groups -OCH3 is 1. The van der Waals surface area contributed by atoms with Crippen LogP contribution < -0.4 is 20.1 Å². The summed E-state index contributed by atoms with van der Waals surface area (Å²) in [5.74, 6) is 0.736. The van der Waals surface area contributed by atoms with E-state index in [1.165, 1.54) is 7.11 Å². The topological polar surface area (TPSA) is 94.5 Å². The fraction of sp³-hybridized carbons (Fsp3) is 0.148. The molecule has 35 heavy (non-hydrogen) atoms. The van der Waals surface area contributed by atoms with Gasteiger partial charge < -0.3 is 24.7 Å². The molecule has 4 aromatic rings. The van der Waals surface area contributed by atoms with E-state index in [1.807, 2.05) is 41.8 Å². The van der Waals surface area contributed by atoms with Crippen LogP contribution in [0.1, 0.15) is 33.3 Å². The van der Waals surface area contributed by atoms with Gasteiger partial charge in [-0.3, -0.25) is 9.59 Å². The Kier molecular flexibility index (Phi) is 7.42. The maximum Gasteiger partial charge on any atom is 0.275 e. The number of rotatable bonds is 9. The van der Waals surface area contributed by atoms with Crippen molar-refractivity contribution < 1.29 is 19.1 Å². The Morgan fingerprint density at radius 3 is 2.23 bits per heavy atom. The van der Waals surface area contributed by atoms with E-state index in [-0.39, 0.29) is 11.8 Å². The van der Waals surface area contributed by atoms with Crippen LogP contribution in [0.3, 0.4) is 0 Å². The summed E-state index contributed by atoms with van der Waals surface area (Å²) >= 11 is 0. The number of amides is 2. The number of imidazole rings is 1. The molecule has 178 valence electrons. The van der Waals surface area contributed by atoms with Crippen LogP contribution in [0.15, 0.2) is 85.3 Å². The van der Waals surface area contributed by atoms with Gasteiger partial charge in [-0.05, 0) is 61.0 Å². The molecule has 0 aliphatic heterocycles. The van der Waals surface area contributed by atoms with E-state index in [0.717, 1.165) is 11.3 Å². The number of hydrogen-bond acceptors (Lipinski definition) is 5. The third kappa shape index (κ3) is 6.05. The van der Waals surface area contributed by atoms with Crippen LogP contribution in [0.2, 0.25) is 0 Å². The molecule has 3 aromatic carbocycles. The van der Waals surface area contributed by atoms with E-state index < -0.39 is 0 Å². The number of para-hydroxylation sites is 1. The lowest BCUT2D eigenvalue weighted by atomic mass is 10.1. The van der Waals surface area contributed by atoms with Crippen molar-refractivity contribution >= 4 is 23.2 Å². The molecule has 4 rings (SSSR count). The molecule has 0 bridgehead atoms. The normalized spacial score (nSPS) is 10.5. The predicted octanol–water partition coefficient (Wildman–Crippen LogP) is 4.84. The van der Waals surface area contributed by atoms with Gasteiger partial charge in [0.15, 0.2) is 0 Å². The molecule has 2 amide bonds. The Bertz CT molecular complexity index is 1300. The summed E-state index contributed by atoms with van der Waals surface area (Å²) in [6, 6.07) is 21.7. The molecule has 0 atom stereocenters. The minimum absolute atomic E-state index is 0.243. The molecular formula is C27H26N4O4. The standard InChI is InChI=1S/C27H26N4O4/c1-3-35-22-14-12-21(13-15-22)30-27(33)24-17-31(18-28-24)16-19-8-10-20(11-9-19)29-26(32)23-6-4-5-7-25(23)34-2/h4-15,17-18H,3,16H2,1-2H3,(H,29,32)(H,30,33). The molecule has 0 unspecified atom stereocenters. The molecule has 1 heterocycles. The van der Waals surface area contributed by atoms with E-state index in [4.69, 9.17) is 9.47 Å². The van der Waals surface area contributed by atoms with Gasteiger partial charge in [-0.25, -0.2) is 4.98 Å². The lowest BCUT2D eigenvalue weighted by Crippen LogP contribution is -2.13. The van der Waals surface area contributed by atoms with Gasteiger partial charge in [0, 0.05) is 24.1 Å². The first-order chi connectivity index (χ1) is 17.1. The Balaban J connectivity index is 1.34. The van der Waals surface area contributed by atoms with Crippen LogP contribution in [-0.2, 0) is 6.54 Å². The molecule has 0 saturated heterocycles. The van der Waals surface area contributed by atoms with Crippen molar-refractivity contribution in [2.24, 2.45) is 0 Å². The number of ether oxygens (including phenoxy) is 2. The zero-order valence-corrected chi connectivity index (χ0v) is 19.5. The number of carbonyl (C=O) groups is 2. The number of nitrogens with zero attached hydrogens (tertiary/aromatic N) is 2. The van der Waals surface area contributed by atoms with Gasteiger partial charge in [0.1, 0.15) is 17.2 Å². The van der Waals surface area contributed by atoms with Crippen molar-refractivity contribution in [3.8, 4) is 11.5 Å². The van der Waals surface area contributed by atoms with Gasteiger partial charge in [0.05, 0.1) is 25.6 Å². The first-order valence-electron chi connectivity index (χ1n) is 11.1. The van der Waals surface area contributed by atoms with Crippen LogP contribution >= 0.6 is 0 Å². The van der Waals surface area contributed by atoms with Crippen LogP contribution in [0.25, 0.3) is 0 Å². The van der Waals surface area contributed by atoms with Crippen molar-refractivity contribution in [2.75, 3.05) is 24.4 Å². The summed E-state index contributed by atoms with van der Waals surface area (Å²) < 4.78 is 12.5. The van der Waals surface area contributed by atoms with Crippen LogP contribution in [0.4, 0.5) is 11.4 Å². The number of benzene rings is 3. The molecule has 1 aromatic heterocycles. The van der Waals surface area contributed by atoms with Gasteiger partial charge in [0.2, 0.25) is 0 Å². The highest BCUT2D eigenvalue weighted by molar-refractivity contribution is 6.06.